The van der Waals surface area contributed by atoms with Crippen LogP contribution in [0.1, 0.15) is 35.2 Å². The van der Waals surface area contributed by atoms with Crippen molar-refractivity contribution in [1.82, 2.24) is 14.8 Å². The maximum Gasteiger partial charge on any atom is 0.416 e. The number of H-pyrrole nitrogens is 1. The fourth-order valence-electron chi connectivity index (χ4n) is 5.77. The molecule has 12 nitrogen and oxygen atoms in total. The second kappa shape index (κ2) is 13.0. The highest BCUT2D eigenvalue weighted by Gasteiger charge is 2.41. The van der Waals surface area contributed by atoms with Crippen LogP contribution in [0.3, 0.4) is 0 Å². The zero-order chi connectivity index (χ0) is 33.1. The molecule has 45 heavy (non-hydrogen) atoms. The van der Waals surface area contributed by atoms with E-state index >= 15 is 0 Å². The Hall–Kier alpha value is -4.94. The fourth-order valence-corrected chi connectivity index (χ4v) is 5.77. The molecule has 0 aliphatic carbocycles. The molecule has 1 fully saturated rings. The lowest BCUT2D eigenvalue weighted by atomic mass is 9.89. The molecule has 0 unspecified atom stereocenters. The molecule has 5 rings (SSSR count). The van der Waals surface area contributed by atoms with Crippen LogP contribution in [0.25, 0.3) is 0 Å². The molecule has 2 aliphatic rings. The number of rotatable bonds is 7. The number of halogens is 3. The molecule has 2 N–H and O–H groups in total. The van der Waals surface area contributed by atoms with E-state index in [0.29, 0.717) is 41.3 Å². The number of nitrogens with zero attached hydrogens (tertiary/aromatic N) is 5. The standard InChI is InChI=1S/C29H29F3N6O4.CH2O2/c1-17-24(26(39)41-4)25(23-9-8-18(12-33)10-20(23)14-38(2,3)13-19-15-42-16-19)37-27(34-35-28(37)40)36(17)22-7-5-6-21(11-22)29(30,31)32;2-1-3/h5-11,19,25H,13-16H2,1-4H3;1H,(H,2,3)/p+1/t25-;/m1./s1. The van der Waals surface area contributed by atoms with E-state index in [1.165, 1.54) is 28.7 Å². The molecule has 2 aromatic carbocycles. The number of carbonyl (C=O) groups is 2. The second-order valence-corrected chi connectivity index (χ2v) is 11.3. The van der Waals surface area contributed by atoms with E-state index in [4.69, 9.17) is 19.4 Å². The molecule has 2 aliphatic heterocycles. The first-order valence-corrected chi connectivity index (χ1v) is 13.7. The minimum Gasteiger partial charge on any atom is -0.483 e. The number of esters is 1. The topological polar surface area (TPSA) is 151 Å². The van der Waals surface area contributed by atoms with Crippen LogP contribution in [-0.2, 0) is 31.8 Å². The van der Waals surface area contributed by atoms with E-state index < -0.39 is 29.4 Å². The van der Waals surface area contributed by atoms with Gasteiger partial charge in [-0.05, 0) is 42.8 Å². The Kier molecular flexibility index (Phi) is 9.50. The lowest BCUT2D eigenvalue weighted by molar-refractivity contribution is -0.908. The number of fused-ring (bicyclic) bond motifs is 1. The van der Waals surface area contributed by atoms with Gasteiger partial charge in [-0.3, -0.25) is 9.69 Å². The van der Waals surface area contributed by atoms with Crippen molar-refractivity contribution in [3.05, 3.63) is 86.5 Å². The maximum atomic E-state index is 13.6. The number of allylic oxidation sites excluding steroid dienone is 1. The number of hydrogen-bond acceptors (Lipinski definition) is 8. The molecule has 1 aromatic heterocycles. The average molecular weight is 630 g/mol. The number of nitrogens with one attached hydrogen (secondary N) is 1. The van der Waals surface area contributed by atoms with Gasteiger partial charge in [0.2, 0.25) is 5.95 Å². The minimum absolute atomic E-state index is 0.00477. The number of nitriles is 1. The van der Waals surface area contributed by atoms with Gasteiger partial charge >= 0.3 is 17.8 Å². The van der Waals surface area contributed by atoms with Crippen LogP contribution in [0.5, 0.6) is 0 Å². The number of methoxy groups -OCH3 is 1. The summed E-state index contributed by atoms with van der Waals surface area (Å²) in [5.41, 5.74) is 0.484. The van der Waals surface area contributed by atoms with Crippen molar-refractivity contribution in [3.63, 3.8) is 0 Å². The van der Waals surface area contributed by atoms with E-state index in [2.05, 4.69) is 30.4 Å². The summed E-state index contributed by atoms with van der Waals surface area (Å²) in [6.45, 7) is 3.93. The van der Waals surface area contributed by atoms with Gasteiger partial charge in [0.1, 0.15) is 12.6 Å². The van der Waals surface area contributed by atoms with E-state index in [1.807, 2.05) is 0 Å². The molecule has 0 amide bonds. The molecule has 1 saturated heterocycles. The van der Waals surface area contributed by atoms with Gasteiger partial charge in [0.05, 0.1) is 69.7 Å². The minimum atomic E-state index is -4.61. The molecule has 0 saturated carbocycles. The fraction of sp³-hybridized carbons (Fsp3) is 0.367. The molecular formula is C30H32F3N6O6+. The molecule has 0 bridgehead atoms. The number of carboxylic acid groups (broad SMARTS) is 1. The number of benzene rings is 2. The van der Waals surface area contributed by atoms with Crippen LogP contribution in [0, 0.1) is 17.2 Å². The SMILES string of the molecule is COC(=O)C1=C(C)N(c2cccc(C(F)(F)F)c2)c2n[nH]c(=O)n2[C@@H]1c1ccc(C#N)cc1C[N+](C)(C)CC1COC1.O=CO. The number of aromatic amines is 1. The first-order valence-electron chi connectivity index (χ1n) is 13.7. The van der Waals surface area contributed by atoms with Gasteiger partial charge < -0.3 is 19.1 Å². The number of alkyl halides is 3. The van der Waals surface area contributed by atoms with Crippen LogP contribution in [0.15, 0.2) is 58.5 Å². The number of hydrogen-bond donors (Lipinski definition) is 2. The normalized spacial score (nSPS) is 16.6. The highest BCUT2D eigenvalue weighted by molar-refractivity contribution is 5.93. The number of aromatic nitrogens is 3. The summed E-state index contributed by atoms with van der Waals surface area (Å²) in [5, 5.41) is 23.1. The van der Waals surface area contributed by atoms with E-state index in [0.717, 1.165) is 24.2 Å². The number of anilines is 2. The van der Waals surface area contributed by atoms with Crippen LogP contribution in [0.4, 0.5) is 24.8 Å². The highest BCUT2D eigenvalue weighted by atomic mass is 19.4. The van der Waals surface area contributed by atoms with Crippen molar-refractivity contribution < 1.29 is 41.8 Å². The summed E-state index contributed by atoms with van der Waals surface area (Å²) >= 11 is 0. The van der Waals surface area contributed by atoms with Gasteiger partial charge in [-0.1, -0.05) is 12.1 Å². The van der Waals surface area contributed by atoms with Crippen molar-refractivity contribution in [3.8, 4) is 6.07 Å². The van der Waals surface area contributed by atoms with Crippen LogP contribution < -0.4 is 10.6 Å². The highest BCUT2D eigenvalue weighted by Crippen LogP contribution is 2.44. The Morgan fingerprint density at radius 1 is 1.27 bits per heavy atom. The Labute approximate surface area is 256 Å². The molecule has 3 heterocycles. The Bertz CT molecular complexity index is 1720. The summed E-state index contributed by atoms with van der Waals surface area (Å²) in [6, 6.07) is 10.7. The quantitative estimate of drug-likeness (QED) is 0.227. The summed E-state index contributed by atoms with van der Waals surface area (Å²) in [4.78, 5) is 36.4. The third kappa shape index (κ3) is 6.76. The number of carbonyl (C=O) groups excluding carboxylic acids is 1. The Morgan fingerprint density at radius 2 is 1.96 bits per heavy atom. The Morgan fingerprint density at radius 3 is 2.53 bits per heavy atom. The van der Waals surface area contributed by atoms with E-state index in [9.17, 15) is 28.0 Å². The van der Waals surface area contributed by atoms with Gasteiger partial charge in [0.25, 0.3) is 6.47 Å². The van der Waals surface area contributed by atoms with Crippen molar-refractivity contribution in [2.45, 2.75) is 25.7 Å². The third-order valence-electron chi connectivity index (χ3n) is 7.60. The van der Waals surface area contributed by atoms with Gasteiger partial charge in [-0.15, -0.1) is 5.10 Å². The zero-order valence-electron chi connectivity index (χ0n) is 25.0. The lowest BCUT2D eigenvalue weighted by Crippen LogP contribution is -2.48. The Balaban J connectivity index is 0.00000148. The lowest BCUT2D eigenvalue weighted by Gasteiger charge is -2.39. The van der Waals surface area contributed by atoms with Crippen LogP contribution in [-0.4, -0.2) is 77.8 Å². The first-order chi connectivity index (χ1) is 21.3. The molecular weight excluding hydrogens is 597 g/mol. The summed E-state index contributed by atoms with van der Waals surface area (Å²) in [5.74, 6) is -0.372. The van der Waals surface area contributed by atoms with Crippen molar-refractivity contribution >= 4 is 24.1 Å². The van der Waals surface area contributed by atoms with Crippen LogP contribution in [0.2, 0.25) is 0 Å². The van der Waals surface area contributed by atoms with Crippen molar-refractivity contribution in [1.29, 1.82) is 5.26 Å². The van der Waals surface area contributed by atoms with Crippen molar-refractivity contribution in [2.75, 3.05) is 45.9 Å². The molecule has 0 spiro atoms. The second-order valence-electron chi connectivity index (χ2n) is 11.3. The predicted octanol–water partition coefficient (Wildman–Crippen LogP) is 3.57. The van der Waals surface area contributed by atoms with Gasteiger partial charge in [0, 0.05) is 16.9 Å². The van der Waals surface area contributed by atoms with Crippen LogP contribution >= 0.6 is 0 Å². The van der Waals surface area contributed by atoms with Gasteiger partial charge in [-0.2, -0.15) is 18.4 Å². The van der Waals surface area contributed by atoms with Gasteiger partial charge in [0.15, 0.2) is 0 Å². The third-order valence-corrected chi connectivity index (χ3v) is 7.60. The first kappa shape index (κ1) is 33.0. The maximum absolute atomic E-state index is 13.6. The summed E-state index contributed by atoms with van der Waals surface area (Å²) in [6.07, 6.45) is -4.61. The molecule has 15 heteroatoms. The monoisotopic (exact) mass is 629 g/mol. The largest absolute Gasteiger partial charge is 0.483 e. The molecule has 1 atom stereocenters. The van der Waals surface area contributed by atoms with Gasteiger partial charge in [-0.25, -0.2) is 19.3 Å². The molecule has 0 radical (unpaired) electrons. The number of quaternary nitrogens is 1. The molecule has 3 aromatic rings. The van der Waals surface area contributed by atoms with E-state index in [1.54, 1.807) is 25.1 Å². The predicted molar refractivity (Wildman–Crippen MR) is 154 cm³/mol. The zero-order valence-corrected chi connectivity index (χ0v) is 25.0. The summed E-state index contributed by atoms with van der Waals surface area (Å²) in [7, 11) is 5.30. The summed E-state index contributed by atoms with van der Waals surface area (Å²) < 4.78 is 53.1. The average Bonchev–Trinajstić information content (AvgIpc) is 3.34. The number of ether oxygens (including phenoxy) is 2. The van der Waals surface area contributed by atoms with Crippen molar-refractivity contribution in [2.24, 2.45) is 5.92 Å². The smallest absolute Gasteiger partial charge is 0.416 e. The van der Waals surface area contributed by atoms with E-state index in [-0.39, 0.29) is 29.4 Å². The molecule has 238 valence electrons.